The number of carbonyl (C=O) groups is 1. The van der Waals surface area contributed by atoms with Gasteiger partial charge >= 0.3 is 0 Å². The minimum Gasteiger partial charge on any atom is -0.376 e. The van der Waals surface area contributed by atoms with Crippen LogP contribution in [0.1, 0.15) is 5.56 Å². The lowest BCUT2D eigenvalue weighted by Gasteiger charge is -2.13. The fourth-order valence-electron chi connectivity index (χ4n) is 2.30. The summed E-state index contributed by atoms with van der Waals surface area (Å²) < 4.78 is 15.2. The topological polar surface area (TPSA) is 84.7 Å². The minimum absolute atomic E-state index is 0.0258. The molecule has 1 heterocycles. The number of anilines is 2. The molecule has 0 radical (unpaired) electrons. The zero-order valence-corrected chi connectivity index (χ0v) is 14.0. The number of benzene rings is 2. The van der Waals surface area contributed by atoms with Crippen molar-refractivity contribution in [1.29, 1.82) is 0 Å². The molecule has 0 atom stereocenters. The van der Waals surface area contributed by atoms with Gasteiger partial charge in [0.25, 0.3) is 0 Å². The first-order valence-corrected chi connectivity index (χ1v) is 7.74. The highest BCUT2D eigenvalue weighted by Crippen LogP contribution is 2.22. The zero-order chi connectivity index (χ0) is 17.8. The maximum atomic E-state index is 13.7. The van der Waals surface area contributed by atoms with Crippen LogP contribution in [0.15, 0.2) is 42.7 Å². The van der Waals surface area contributed by atoms with E-state index in [0.717, 1.165) is 23.0 Å². The number of nitrogens with one attached hydrogen (secondary N) is 2. The molecular formula is C16H14ClFN6O. The first kappa shape index (κ1) is 16.8. The molecule has 1 amide bonds. The average Bonchev–Trinajstić information content (AvgIpc) is 3.11. The van der Waals surface area contributed by atoms with Crippen molar-refractivity contribution in [2.45, 2.75) is 6.92 Å². The third-order valence-corrected chi connectivity index (χ3v) is 3.78. The largest absolute Gasteiger partial charge is 0.376 e. The molecule has 0 fully saturated rings. The van der Waals surface area contributed by atoms with E-state index in [1.165, 1.54) is 23.1 Å². The van der Waals surface area contributed by atoms with Gasteiger partial charge in [0.2, 0.25) is 5.91 Å². The predicted octanol–water partition coefficient (Wildman–Crippen LogP) is 2.81. The highest BCUT2D eigenvalue weighted by Gasteiger charge is 2.10. The minimum atomic E-state index is -0.585. The lowest BCUT2D eigenvalue weighted by molar-refractivity contribution is -0.114. The van der Waals surface area contributed by atoms with Gasteiger partial charge in [-0.25, -0.2) is 9.07 Å². The van der Waals surface area contributed by atoms with Crippen LogP contribution in [-0.4, -0.2) is 32.7 Å². The van der Waals surface area contributed by atoms with Gasteiger partial charge in [-0.3, -0.25) is 4.79 Å². The van der Waals surface area contributed by atoms with Crippen molar-refractivity contribution < 1.29 is 9.18 Å². The summed E-state index contributed by atoms with van der Waals surface area (Å²) in [5, 5.41) is 16.9. The fraction of sp³-hybridized carbons (Fsp3) is 0.125. The number of hydrogen-bond donors (Lipinski definition) is 2. The Morgan fingerprint density at radius 2 is 2.12 bits per heavy atom. The Balaban J connectivity index is 1.67. The van der Waals surface area contributed by atoms with E-state index in [2.05, 4.69) is 26.2 Å². The van der Waals surface area contributed by atoms with Gasteiger partial charge in [0.15, 0.2) is 0 Å². The Labute approximate surface area is 147 Å². The first-order valence-electron chi connectivity index (χ1n) is 7.36. The molecule has 1 aromatic heterocycles. The van der Waals surface area contributed by atoms with Gasteiger partial charge in [0, 0.05) is 10.7 Å². The number of carbonyl (C=O) groups excluding carboxylic acids is 1. The highest BCUT2D eigenvalue weighted by molar-refractivity contribution is 6.30. The summed E-state index contributed by atoms with van der Waals surface area (Å²) in [4.78, 5) is 12.0. The third kappa shape index (κ3) is 3.92. The average molecular weight is 361 g/mol. The summed E-state index contributed by atoms with van der Waals surface area (Å²) >= 11 is 5.69. The van der Waals surface area contributed by atoms with E-state index in [9.17, 15) is 9.18 Å². The normalized spacial score (nSPS) is 10.5. The van der Waals surface area contributed by atoms with E-state index >= 15 is 0 Å². The summed E-state index contributed by atoms with van der Waals surface area (Å²) in [5.41, 5.74) is 2.49. The standard InChI is InChI=1S/C16H14ClFN6O/c1-10-13(3-2-4-15(10)24-9-20-22-23-24)19-8-16(25)21-14-6-5-11(17)7-12(14)18/h2-7,9,19H,8H2,1H3,(H,21,25). The molecule has 0 spiro atoms. The molecule has 0 bridgehead atoms. The number of rotatable bonds is 5. The molecule has 0 aliphatic rings. The third-order valence-electron chi connectivity index (χ3n) is 3.55. The molecule has 3 rings (SSSR count). The van der Waals surface area contributed by atoms with E-state index < -0.39 is 5.82 Å². The number of nitrogens with zero attached hydrogens (tertiary/aromatic N) is 4. The maximum absolute atomic E-state index is 13.7. The van der Waals surface area contributed by atoms with Crippen LogP contribution < -0.4 is 10.6 Å². The summed E-state index contributed by atoms with van der Waals surface area (Å²) in [7, 11) is 0. The van der Waals surface area contributed by atoms with Crippen molar-refractivity contribution in [3.63, 3.8) is 0 Å². The number of amides is 1. The van der Waals surface area contributed by atoms with Crippen LogP contribution in [0.4, 0.5) is 15.8 Å². The Hall–Kier alpha value is -3.00. The van der Waals surface area contributed by atoms with Crippen LogP contribution in [0.25, 0.3) is 5.69 Å². The predicted molar refractivity (Wildman–Crippen MR) is 92.4 cm³/mol. The number of halogens is 2. The SMILES string of the molecule is Cc1c(NCC(=O)Nc2ccc(Cl)cc2F)cccc1-n1cnnn1. The van der Waals surface area contributed by atoms with E-state index in [1.807, 2.05) is 25.1 Å². The fourth-order valence-corrected chi connectivity index (χ4v) is 2.45. The summed E-state index contributed by atoms with van der Waals surface area (Å²) in [6.07, 6.45) is 1.49. The Kier molecular flexibility index (Phi) is 4.90. The number of hydrogen-bond acceptors (Lipinski definition) is 5. The molecule has 3 aromatic rings. The number of aromatic nitrogens is 4. The molecule has 0 aliphatic carbocycles. The van der Waals surface area contributed by atoms with Gasteiger partial charge in [-0.2, -0.15) is 0 Å². The first-order chi connectivity index (χ1) is 12.0. The molecule has 0 unspecified atom stereocenters. The van der Waals surface area contributed by atoms with Gasteiger partial charge in [-0.15, -0.1) is 5.10 Å². The van der Waals surface area contributed by atoms with Gasteiger partial charge in [-0.1, -0.05) is 17.7 Å². The summed E-state index contributed by atoms with van der Waals surface area (Å²) in [5.74, 6) is -0.967. The van der Waals surface area contributed by atoms with E-state index in [1.54, 1.807) is 0 Å². The molecule has 7 nitrogen and oxygen atoms in total. The van der Waals surface area contributed by atoms with Crippen molar-refractivity contribution in [3.8, 4) is 5.69 Å². The lowest BCUT2D eigenvalue weighted by atomic mass is 10.1. The summed E-state index contributed by atoms with van der Waals surface area (Å²) in [6.45, 7) is 1.86. The van der Waals surface area contributed by atoms with E-state index in [-0.39, 0.29) is 23.2 Å². The lowest BCUT2D eigenvalue weighted by Crippen LogP contribution is -2.22. The second-order valence-electron chi connectivity index (χ2n) is 5.23. The van der Waals surface area contributed by atoms with E-state index in [0.29, 0.717) is 0 Å². The molecule has 0 saturated heterocycles. The van der Waals surface area contributed by atoms with Crippen molar-refractivity contribution in [2.75, 3.05) is 17.2 Å². The molecule has 9 heteroatoms. The van der Waals surface area contributed by atoms with Crippen molar-refractivity contribution >= 4 is 28.9 Å². The molecule has 25 heavy (non-hydrogen) atoms. The van der Waals surface area contributed by atoms with Crippen LogP contribution in [0.5, 0.6) is 0 Å². The van der Waals surface area contributed by atoms with Crippen LogP contribution in [0.3, 0.4) is 0 Å². The van der Waals surface area contributed by atoms with Gasteiger partial charge in [-0.05, 0) is 53.2 Å². The van der Waals surface area contributed by atoms with Gasteiger partial charge in [0.05, 0.1) is 17.9 Å². The van der Waals surface area contributed by atoms with Gasteiger partial charge < -0.3 is 10.6 Å². The maximum Gasteiger partial charge on any atom is 0.243 e. The molecule has 128 valence electrons. The Morgan fingerprint density at radius 3 is 2.84 bits per heavy atom. The second kappa shape index (κ2) is 7.27. The van der Waals surface area contributed by atoms with Crippen molar-refractivity contribution in [3.05, 3.63) is 59.1 Å². The Morgan fingerprint density at radius 1 is 1.28 bits per heavy atom. The Bertz CT molecular complexity index is 900. The molecule has 2 N–H and O–H groups in total. The number of tetrazole rings is 1. The van der Waals surface area contributed by atoms with Crippen molar-refractivity contribution in [1.82, 2.24) is 20.2 Å². The van der Waals surface area contributed by atoms with Crippen LogP contribution >= 0.6 is 11.6 Å². The quantitative estimate of drug-likeness (QED) is 0.730. The molecule has 0 aliphatic heterocycles. The summed E-state index contributed by atoms with van der Waals surface area (Å²) in [6, 6.07) is 9.58. The van der Waals surface area contributed by atoms with Crippen LogP contribution in [0, 0.1) is 12.7 Å². The zero-order valence-electron chi connectivity index (χ0n) is 13.2. The van der Waals surface area contributed by atoms with Gasteiger partial charge in [0.1, 0.15) is 12.1 Å². The monoisotopic (exact) mass is 360 g/mol. The smallest absolute Gasteiger partial charge is 0.243 e. The molecular weight excluding hydrogens is 347 g/mol. The van der Waals surface area contributed by atoms with E-state index in [4.69, 9.17) is 11.6 Å². The molecule has 2 aromatic carbocycles. The van der Waals surface area contributed by atoms with Crippen LogP contribution in [-0.2, 0) is 4.79 Å². The van der Waals surface area contributed by atoms with Crippen molar-refractivity contribution in [2.24, 2.45) is 0 Å². The second-order valence-corrected chi connectivity index (χ2v) is 5.67. The molecule has 0 saturated carbocycles. The van der Waals surface area contributed by atoms with Crippen LogP contribution in [0.2, 0.25) is 5.02 Å². The highest BCUT2D eigenvalue weighted by atomic mass is 35.5.